The van der Waals surface area contributed by atoms with Gasteiger partial charge in [0, 0.05) is 19.5 Å². The highest BCUT2D eigenvalue weighted by Gasteiger charge is 2.50. The minimum Gasteiger partial charge on any atom is -0.458 e. The second-order valence-corrected chi connectivity index (χ2v) is 9.32. The molecule has 2 aliphatic heterocycles. The van der Waals surface area contributed by atoms with E-state index in [-0.39, 0.29) is 24.5 Å². The number of nitrogens with zero attached hydrogens (tertiary/aromatic N) is 1. The predicted molar refractivity (Wildman–Crippen MR) is 115 cm³/mol. The third-order valence-corrected chi connectivity index (χ3v) is 5.87. The molecular formula is C24H32N2O4. The van der Waals surface area contributed by atoms with Gasteiger partial charge in [-0.2, -0.15) is 0 Å². The molecular weight excluding hydrogens is 380 g/mol. The van der Waals surface area contributed by atoms with Gasteiger partial charge in [-0.15, -0.1) is 0 Å². The zero-order valence-corrected chi connectivity index (χ0v) is 18.1. The molecule has 6 nitrogen and oxygen atoms in total. The first-order chi connectivity index (χ1) is 14.4. The molecule has 4 rings (SSSR count). The van der Waals surface area contributed by atoms with Crippen LogP contribution in [0.2, 0.25) is 0 Å². The average molecular weight is 413 g/mol. The normalized spacial score (nSPS) is 24.8. The number of nitrogens with one attached hydrogen (secondary N) is 1. The molecule has 1 amide bonds. The number of alkyl carbamates (subject to hydrolysis) is 1. The van der Waals surface area contributed by atoms with Crippen LogP contribution >= 0.6 is 0 Å². The Balaban J connectivity index is 1.48. The van der Waals surface area contributed by atoms with Crippen molar-refractivity contribution >= 4 is 6.09 Å². The van der Waals surface area contributed by atoms with Gasteiger partial charge < -0.3 is 19.5 Å². The zero-order chi connectivity index (χ0) is 21.2. The summed E-state index contributed by atoms with van der Waals surface area (Å²) in [4.78, 5) is 14.5. The lowest BCUT2D eigenvalue weighted by Crippen LogP contribution is -2.68. The molecule has 0 saturated carbocycles. The smallest absolute Gasteiger partial charge is 0.407 e. The Kier molecular flexibility index (Phi) is 5.78. The molecule has 6 heteroatoms. The molecule has 2 heterocycles. The summed E-state index contributed by atoms with van der Waals surface area (Å²) in [5.74, 6) is 1.89. The number of hydrogen-bond acceptors (Lipinski definition) is 5. The maximum absolute atomic E-state index is 12.1. The van der Waals surface area contributed by atoms with E-state index in [1.54, 1.807) is 0 Å². The highest BCUT2D eigenvalue weighted by molar-refractivity contribution is 5.68. The van der Waals surface area contributed by atoms with Gasteiger partial charge in [0.1, 0.15) is 11.4 Å². The Hall–Kier alpha value is -2.47. The van der Waals surface area contributed by atoms with Crippen LogP contribution in [0.5, 0.6) is 0 Å². The highest BCUT2D eigenvalue weighted by Crippen LogP contribution is 2.43. The van der Waals surface area contributed by atoms with Gasteiger partial charge in [-0.25, -0.2) is 4.79 Å². The van der Waals surface area contributed by atoms with Crippen LogP contribution in [0, 0.1) is 0 Å². The Bertz CT molecular complexity index is 821. The fraction of sp³-hybridized carbons (Fsp3) is 0.542. The predicted octanol–water partition coefficient (Wildman–Crippen LogP) is 4.13. The van der Waals surface area contributed by atoms with Gasteiger partial charge in [-0.05, 0) is 45.6 Å². The van der Waals surface area contributed by atoms with Crippen LogP contribution in [-0.4, -0.2) is 48.1 Å². The van der Waals surface area contributed by atoms with Crippen molar-refractivity contribution in [2.45, 2.75) is 63.6 Å². The fourth-order valence-corrected chi connectivity index (χ4v) is 4.46. The van der Waals surface area contributed by atoms with Crippen LogP contribution in [0.15, 0.2) is 54.0 Å². The molecule has 1 N–H and O–H groups in total. The van der Waals surface area contributed by atoms with Gasteiger partial charge in [0.15, 0.2) is 5.76 Å². The molecule has 0 spiro atoms. The Labute approximate surface area is 178 Å². The lowest BCUT2D eigenvalue weighted by Gasteiger charge is -2.52. The van der Waals surface area contributed by atoms with Crippen molar-refractivity contribution in [3.05, 3.63) is 59.6 Å². The molecule has 1 aromatic rings. The number of carbonyl (C=O) groups excluding carboxylic acids is 1. The standard InChI is InChI=1S/C24H32N2O4/c1-23(2,3)30-22(27)25-19-15-26(16-19)24(12-8-5-9-13-24)21-20(28-17-29-21)14-18-10-6-4-7-11-18/h4-8,10-11,19H,9,12-17H2,1-3H3,(H,25,27). The Morgan fingerprint density at radius 3 is 2.63 bits per heavy atom. The van der Waals surface area contributed by atoms with E-state index in [0.29, 0.717) is 0 Å². The van der Waals surface area contributed by atoms with Crippen LogP contribution in [0.25, 0.3) is 0 Å². The van der Waals surface area contributed by atoms with Crippen LogP contribution in [0.3, 0.4) is 0 Å². The molecule has 162 valence electrons. The number of rotatable bonds is 5. The summed E-state index contributed by atoms with van der Waals surface area (Å²) >= 11 is 0. The van der Waals surface area contributed by atoms with Crippen LogP contribution < -0.4 is 5.32 Å². The third-order valence-electron chi connectivity index (χ3n) is 5.87. The fourth-order valence-electron chi connectivity index (χ4n) is 4.46. The molecule has 1 fully saturated rings. The summed E-state index contributed by atoms with van der Waals surface area (Å²) < 4.78 is 17.4. The maximum atomic E-state index is 12.1. The summed E-state index contributed by atoms with van der Waals surface area (Å²) in [5, 5.41) is 2.99. The first kappa shape index (κ1) is 20.8. The lowest BCUT2D eigenvalue weighted by molar-refractivity contribution is -0.0273. The average Bonchev–Trinajstić information content (AvgIpc) is 3.13. The zero-order valence-electron chi connectivity index (χ0n) is 18.1. The molecule has 3 aliphatic rings. The summed E-state index contributed by atoms with van der Waals surface area (Å²) in [6.07, 6.45) is 7.74. The van der Waals surface area contributed by atoms with Crippen molar-refractivity contribution in [2.75, 3.05) is 19.9 Å². The summed E-state index contributed by atoms with van der Waals surface area (Å²) in [5.41, 5.74) is 0.515. The monoisotopic (exact) mass is 412 g/mol. The van der Waals surface area contributed by atoms with Crippen molar-refractivity contribution in [3.8, 4) is 0 Å². The van der Waals surface area contributed by atoms with Gasteiger partial charge in [-0.1, -0.05) is 42.5 Å². The number of hydrogen-bond donors (Lipinski definition) is 1. The molecule has 0 aromatic heterocycles. The van der Waals surface area contributed by atoms with Crippen molar-refractivity contribution in [1.29, 1.82) is 0 Å². The molecule has 0 radical (unpaired) electrons. The van der Waals surface area contributed by atoms with Gasteiger partial charge >= 0.3 is 6.09 Å². The van der Waals surface area contributed by atoms with E-state index in [1.165, 1.54) is 5.56 Å². The van der Waals surface area contributed by atoms with E-state index in [0.717, 1.165) is 50.3 Å². The van der Waals surface area contributed by atoms with Crippen molar-refractivity contribution < 1.29 is 19.0 Å². The molecule has 1 atom stereocenters. The van der Waals surface area contributed by atoms with Gasteiger partial charge in [0.25, 0.3) is 0 Å². The van der Waals surface area contributed by atoms with Gasteiger partial charge in [0.2, 0.25) is 6.79 Å². The van der Waals surface area contributed by atoms with Crippen molar-refractivity contribution in [2.24, 2.45) is 0 Å². The van der Waals surface area contributed by atoms with Crippen LogP contribution in [-0.2, 0) is 20.6 Å². The second kappa shape index (κ2) is 8.34. The van der Waals surface area contributed by atoms with E-state index in [1.807, 2.05) is 39.0 Å². The number of benzene rings is 1. The van der Waals surface area contributed by atoms with Gasteiger partial charge in [0.05, 0.1) is 11.6 Å². The SMILES string of the molecule is CC(C)(C)OC(=O)NC1CN(C2(C3=C(Cc4ccccc4)OCO3)CC=CCC2)C1. The third kappa shape index (κ3) is 4.48. The lowest BCUT2D eigenvalue weighted by atomic mass is 9.78. The van der Waals surface area contributed by atoms with Crippen LogP contribution in [0.4, 0.5) is 4.79 Å². The number of likely N-dealkylation sites (tertiary alicyclic amines) is 1. The van der Waals surface area contributed by atoms with Crippen LogP contribution in [0.1, 0.15) is 45.6 Å². The second-order valence-electron chi connectivity index (χ2n) is 9.32. The minimum absolute atomic E-state index is 0.0862. The molecule has 30 heavy (non-hydrogen) atoms. The molecule has 0 bridgehead atoms. The van der Waals surface area contributed by atoms with Gasteiger partial charge in [-0.3, -0.25) is 4.90 Å². The highest BCUT2D eigenvalue weighted by atomic mass is 16.7. The number of ether oxygens (including phenoxy) is 3. The summed E-state index contributed by atoms with van der Waals surface area (Å²) in [6.45, 7) is 7.46. The molecule has 1 aromatic carbocycles. The largest absolute Gasteiger partial charge is 0.458 e. The number of carbonyl (C=O) groups is 1. The topological polar surface area (TPSA) is 60.0 Å². The minimum atomic E-state index is -0.491. The molecule has 1 saturated heterocycles. The summed E-state index contributed by atoms with van der Waals surface area (Å²) in [7, 11) is 0. The maximum Gasteiger partial charge on any atom is 0.407 e. The number of amides is 1. The summed E-state index contributed by atoms with van der Waals surface area (Å²) in [6, 6.07) is 10.4. The number of allylic oxidation sites excluding steroid dienone is 2. The van der Waals surface area contributed by atoms with E-state index in [4.69, 9.17) is 14.2 Å². The van der Waals surface area contributed by atoms with E-state index in [9.17, 15) is 4.79 Å². The first-order valence-corrected chi connectivity index (χ1v) is 10.8. The van der Waals surface area contributed by atoms with E-state index in [2.05, 4.69) is 34.5 Å². The van der Waals surface area contributed by atoms with Crippen molar-refractivity contribution in [1.82, 2.24) is 10.2 Å². The quantitative estimate of drug-likeness (QED) is 0.737. The van der Waals surface area contributed by atoms with Crippen molar-refractivity contribution in [3.63, 3.8) is 0 Å². The molecule has 1 unspecified atom stereocenters. The van der Waals surface area contributed by atoms with E-state index < -0.39 is 5.60 Å². The first-order valence-electron chi connectivity index (χ1n) is 10.8. The molecule has 1 aliphatic carbocycles. The van der Waals surface area contributed by atoms with E-state index >= 15 is 0 Å². The Morgan fingerprint density at radius 2 is 1.97 bits per heavy atom. The Morgan fingerprint density at radius 1 is 1.20 bits per heavy atom.